The summed E-state index contributed by atoms with van der Waals surface area (Å²) in [7, 11) is 0. The van der Waals surface area contributed by atoms with Gasteiger partial charge in [0.2, 0.25) is 0 Å². The standard InChI is InChI=1S/C20H22IN3O2/c1-20(2,3)26-19(25)24-12-11-16-15(13-24)9-10-17(22-16)23-18(21)14-7-5-4-6-8-14/h4-10H,11-13H2,1-3H3. The molecule has 0 atom stereocenters. The van der Waals surface area contributed by atoms with Gasteiger partial charge >= 0.3 is 6.09 Å². The first kappa shape index (κ1) is 18.8. The van der Waals surface area contributed by atoms with Gasteiger partial charge in [-0.25, -0.2) is 14.8 Å². The molecule has 1 aliphatic heterocycles. The first-order chi connectivity index (χ1) is 12.3. The zero-order chi connectivity index (χ0) is 18.7. The van der Waals surface area contributed by atoms with Gasteiger partial charge in [0, 0.05) is 24.2 Å². The van der Waals surface area contributed by atoms with Gasteiger partial charge in [-0.15, -0.1) is 0 Å². The number of nitrogens with zero attached hydrogens (tertiary/aromatic N) is 3. The van der Waals surface area contributed by atoms with Crippen LogP contribution in [0.15, 0.2) is 47.5 Å². The number of rotatable bonds is 2. The summed E-state index contributed by atoms with van der Waals surface area (Å²) in [4.78, 5) is 23.3. The van der Waals surface area contributed by atoms with Crippen molar-refractivity contribution < 1.29 is 9.53 Å². The van der Waals surface area contributed by atoms with Gasteiger partial charge in [-0.1, -0.05) is 36.4 Å². The maximum Gasteiger partial charge on any atom is 0.410 e. The number of ether oxygens (including phenoxy) is 1. The molecule has 0 saturated heterocycles. The van der Waals surface area contributed by atoms with Crippen LogP contribution in [0.25, 0.3) is 0 Å². The number of benzene rings is 1. The lowest BCUT2D eigenvalue weighted by Crippen LogP contribution is -2.40. The summed E-state index contributed by atoms with van der Waals surface area (Å²) in [6.45, 7) is 6.77. The summed E-state index contributed by atoms with van der Waals surface area (Å²) < 4.78 is 6.37. The van der Waals surface area contributed by atoms with E-state index >= 15 is 0 Å². The molecule has 1 aromatic carbocycles. The molecule has 0 saturated carbocycles. The van der Waals surface area contributed by atoms with E-state index in [1.807, 2.05) is 63.2 Å². The van der Waals surface area contributed by atoms with E-state index in [4.69, 9.17) is 4.74 Å². The number of aliphatic imine (C=N–C) groups is 1. The molecule has 0 radical (unpaired) electrons. The largest absolute Gasteiger partial charge is 0.444 e. The average Bonchev–Trinajstić information content (AvgIpc) is 2.60. The molecule has 5 nitrogen and oxygen atoms in total. The second-order valence-corrected chi connectivity index (χ2v) is 8.22. The number of halogens is 1. The molecule has 2 aromatic rings. The maximum absolute atomic E-state index is 12.3. The summed E-state index contributed by atoms with van der Waals surface area (Å²) in [5.41, 5.74) is 2.64. The third kappa shape index (κ3) is 4.81. The predicted octanol–water partition coefficient (Wildman–Crippen LogP) is 4.89. The van der Waals surface area contributed by atoms with Crippen LogP contribution in [-0.4, -0.2) is 31.8 Å². The molecule has 0 spiro atoms. The minimum absolute atomic E-state index is 0.274. The van der Waals surface area contributed by atoms with Gasteiger partial charge < -0.3 is 9.64 Å². The van der Waals surface area contributed by atoms with Gasteiger partial charge in [-0.2, -0.15) is 0 Å². The van der Waals surface area contributed by atoms with Crippen molar-refractivity contribution in [1.82, 2.24) is 9.88 Å². The monoisotopic (exact) mass is 463 g/mol. The number of pyridine rings is 1. The summed E-state index contributed by atoms with van der Waals surface area (Å²) in [6.07, 6.45) is 0.434. The first-order valence-electron chi connectivity index (χ1n) is 8.58. The second-order valence-electron chi connectivity index (χ2n) is 7.20. The molecule has 136 valence electrons. The number of aromatic nitrogens is 1. The van der Waals surface area contributed by atoms with Crippen LogP contribution >= 0.6 is 22.6 Å². The molecule has 6 heteroatoms. The molecular weight excluding hydrogens is 441 g/mol. The molecule has 2 heterocycles. The van der Waals surface area contributed by atoms with Crippen molar-refractivity contribution in [1.29, 1.82) is 0 Å². The van der Waals surface area contributed by atoms with E-state index in [2.05, 4.69) is 32.6 Å². The van der Waals surface area contributed by atoms with E-state index in [0.29, 0.717) is 25.3 Å². The summed E-state index contributed by atoms with van der Waals surface area (Å²) in [5, 5.41) is 0. The van der Waals surface area contributed by atoms with Gasteiger partial charge in [-0.3, -0.25) is 0 Å². The number of carbonyl (C=O) groups is 1. The molecule has 1 aromatic heterocycles. The van der Waals surface area contributed by atoms with Gasteiger partial charge in [-0.05, 0) is 55.0 Å². The topological polar surface area (TPSA) is 54.8 Å². The molecule has 3 rings (SSSR count). The molecule has 0 unspecified atom stereocenters. The SMILES string of the molecule is CC(C)(C)OC(=O)N1CCc2nc(N=C(I)c3ccccc3)ccc2C1. The number of fused-ring (bicyclic) bond motifs is 1. The smallest absolute Gasteiger partial charge is 0.410 e. The van der Waals surface area contributed by atoms with Crippen LogP contribution in [0, 0.1) is 0 Å². The predicted molar refractivity (Wildman–Crippen MR) is 111 cm³/mol. The highest BCUT2D eigenvalue weighted by Gasteiger charge is 2.26. The molecular formula is C20H22IN3O2. The zero-order valence-corrected chi connectivity index (χ0v) is 17.4. The van der Waals surface area contributed by atoms with Crippen molar-refractivity contribution in [3.63, 3.8) is 0 Å². The maximum atomic E-state index is 12.3. The lowest BCUT2D eigenvalue weighted by molar-refractivity contribution is 0.0223. The van der Waals surface area contributed by atoms with Crippen LogP contribution < -0.4 is 0 Å². The highest BCUT2D eigenvalue weighted by atomic mass is 127. The van der Waals surface area contributed by atoms with Gasteiger partial charge in [0.05, 0.1) is 6.54 Å². The average molecular weight is 463 g/mol. The summed E-state index contributed by atoms with van der Waals surface area (Å²) in [5.74, 6) is 0.697. The Labute approximate surface area is 167 Å². The van der Waals surface area contributed by atoms with Crippen molar-refractivity contribution in [2.45, 2.75) is 39.3 Å². The van der Waals surface area contributed by atoms with Gasteiger partial charge in [0.1, 0.15) is 9.32 Å². The number of amides is 1. The Morgan fingerprint density at radius 3 is 2.62 bits per heavy atom. The lowest BCUT2D eigenvalue weighted by Gasteiger charge is -2.30. The fourth-order valence-corrected chi connectivity index (χ4v) is 3.30. The molecule has 0 bridgehead atoms. The Balaban J connectivity index is 1.74. The van der Waals surface area contributed by atoms with Crippen molar-refractivity contribution in [3.05, 3.63) is 59.3 Å². The minimum atomic E-state index is -0.484. The van der Waals surface area contributed by atoms with E-state index in [1.165, 1.54) is 0 Å². The van der Waals surface area contributed by atoms with Crippen LogP contribution in [-0.2, 0) is 17.7 Å². The fraction of sp³-hybridized carbons (Fsp3) is 0.350. The highest BCUT2D eigenvalue weighted by Crippen LogP contribution is 2.23. The second kappa shape index (κ2) is 7.73. The molecule has 1 aliphatic rings. The third-order valence-corrected chi connectivity index (χ3v) is 4.77. The number of hydrogen-bond donors (Lipinski definition) is 0. The molecule has 1 amide bonds. The summed E-state index contributed by atoms with van der Waals surface area (Å²) >= 11 is 2.23. The zero-order valence-electron chi connectivity index (χ0n) is 15.2. The summed E-state index contributed by atoms with van der Waals surface area (Å²) in [6, 6.07) is 13.9. The molecule has 0 fully saturated rings. The Hall–Kier alpha value is -1.96. The molecule has 26 heavy (non-hydrogen) atoms. The number of carbonyl (C=O) groups excluding carboxylic acids is 1. The van der Waals surface area contributed by atoms with Crippen LogP contribution in [0.1, 0.15) is 37.6 Å². The van der Waals surface area contributed by atoms with Crippen LogP contribution in [0.4, 0.5) is 10.6 Å². The Morgan fingerprint density at radius 2 is 1.92 bits per heavy atom. The van der Waals surface area contributed by atoms with E-state index < -0.39 is 5.60 Å². The van der Waals surface area contributed by atoms with Gasteiger partial charge in [0.25, 0.3) is 0 Å². The van der Waals surface area contributed by atoms with E-state index in [-0.39, 0.29) is 6.09 Å². The Morgan fingerprint density at radius 1 is 1.19 bits per heavy atom. The van der Waals surface area contributed by atoms with Crippen molar-refractivity contribution in [2.75, 3.05) is 6.54 Å². The van der Waals surface area contributed by atoms with Crippen LogP contribution in [0.3, 0.4) is 0 Å². The van der Waals surface area contributed by atoms with E-state index in [0.717, 1.165) is 20.5 Å². The third-order valence-electron chi connectivity index (χ3n) is 3.91. The van der Waals surface area contributed by atoms with Crippen LogP contribution in [0.2, 0.25) is 0 Å². The Bertz CT molecular complexity index is 829. The quantitative estimate of drug-likeness (QED) is 0.471. The van der Waals surface area contributed by atoms with Crippen LogP contribution in [0.5, 0.6) is 0 Å². The Kier molecular flexibility index (Phi) is 5.60. The molecule has 0 N–H and O–H groups in total. The fourth-order valence-electron chi connectivity index (χ4n) is 2.69. The van der Waals surface area contributed by atoms with E-state index in [1.54, 1.807) is 4.90 Å². The lowest BCUT2D eigenvalue weighted by atomic mass is 10.1. The first-order valence-corrected chi connectivity index (χ1v) is 9.66. The van der Waals surface area contributed by atoms with Crippen molar-refractivity contribution in [3.8, 4) is 0 Å². The minimum Gasteiger partial charge on any atom is -0.444 e. The normalized spacial score (nSPS) is 14.8. The van der Waals surface area contributed by atoms with Crippen molar-refractivity contribution >= 4 is 38.2 Å². The highest BCUT2D eigenvalue weighted by molar-refractivity contribution is 14.1. The van der Waals surface area contributed by atoms with Crippen molar-refractivity contribution in [2.24, 2.45) is 4.99 Å². The van der Waals surface area contributed by atoms with E-state index in [9.17, 15) is 4.79 Å². The van der Waals surface area contributed by atoms with Gasteiger partial charge in [0.15, 0.2) is 5.82 Å². The molecule has 0 aliphatic carbocycles. The number of hydrogen-bond acceptors (Lipinski definition) is 4.